The molecule has 0 atom stereocenters. The van der Waals surface area contributed by atoms with Gasteiger partial charge in [-0.25, -0.2) is 9.48 Å². The Morgan fingerprint density at radius 2 is 2.27 bits per heavy atom. The number of aromatic nitrogens is 2. The first-order valence-electron chi connectivity index (χ1n) is 4.53. The quantitative estimate of drug-likeness (QED) is 0.694. The monoisotopic (exact) mass is 207 g/mol. The SMILES string of the molecule is CCn1nc(C2=NC(=O)OC2)ccc1=O. The molecule has 0 saturated heterocycles. The lowest BCUT2D eigenvalue weighted by atomic mass is 10.3. The number of nitrogens with zero attached hydrogens (tertiary/aromatic N) is 3. The third kappa shape index (κ3) is 1.78. The maximum absolute atomic E-state index is 11.2. The Morgan fingerprint density at radius 1 is 1.47 bits per heavy atom. The lowest BCUT2D eigenvalue weighted by molar-refractivity contribution is 0.181. The van der Waals surface area contributed by atoms with Gasteiger partial charge in [0.2, 0.25) is 0 Å². The Labute approximate surface area is 85.2 Å². The molecule has 1 aliphatic heterocycles. The minimum absolute atomic E-state index is 0.119. The molecule has 0 aliphatic carbocycles. The zero-order chi connectivity index (χ0) is 10.8. The number of carbonyl (C=O) groups is 1. The summed E-state index contributed by atoms with van der Waals surface area (Å²) in [5.74, 6) is 0. The van der Waals surface area contributed by atoms with E-state index < -0.39 is 6.09 Å². The molecule has 0 bridgehead atoms. The fourth-order valence-electron chi connectivity index (χ4n) is 1.27. The average Bonchev–Trinajstić information content (AvgIpc) is 2.66. The van der Waals surface area contributed by atoms with E-state index in [2.05, 4.69) is 14.8 Å². The predicted molar refractivity (Wildman–Crippen MR) is 52.1 cm³/mol. The largest absolute Gasteiger partial charge is 0.441 e. The molecule has 2 heterocycles. The van der Waals surface area contributed by atoms with Gasteiger partial charge in [0.1, 0.15) is 18.0 Å². The first kappa shape index (κ1) is 9.57. The second-order valence-electron chi connectivity index (χ2n) is 2.99. The highest BCUT2D eigenvalue weighted by Gasteiger charge is 2.18. The van der Waals surface area contributed by atoms with E-state index >= 15 is 0 Å². The molecule has 0 fully saturated rings. The number of hydrogen-bond donors (Lipinski definition) is 0. The lowest BCUT2D eigenvalue weighted by Crippen LogP contribution is -2.23. The highest BCUT2D eigenvalue weighted by molar-refractivity contribution is 6.08. The molecule has 1 aromatic rings. The van der Waals surface area contributed by atoms with Crippen molar-refractivity contribution in [1.29, 1.82) is 0 Å². The highest BCUT2D eigenvalue weighted by Crippen LogP contribution is 2.04. The van der Waals surface area contributed by atoms with E-state index in [0.29, 0.717) is 18.0 Å². The zero-order valence-corrected chi connectivity index (χ0v) is 8.14. The molecule has 0 saturated carbocycles. The van der Waals surface area contributed by atoms with Crippen LogP contribution in [0.2, 0.25) is 0 Å². The fraction of sp³-hybridized carbons (Fsp3) is 0.333. The van der Waals surface area contributed by atoms with Crippen molar-refractivity contribution in [2.45, 2.75) is 13.5 Å². The van der Waals surface area contributed by atoms with Gasteiger partial charge in [0.05, 0.1) is 0 Å². The van der Waals surface area contributed by atoms with Gasteiger partial charge >= 0.3 is 6.09 Å². The van der Waals surface area contributed by atoms with E-state index in [1.165, 1.54) is 16.8 Å². The topological polar surface area (TPSA) is 73.6 Å². The summed E-state index contributed by atoms with van der Waals surface area (Å²) in [6.45, 7) is 2.42. The van der Waals surface area contributed by atoms with Gasteiger partial charge in [-0.3, -0.25) is 4.79 Å². The van der Waals surface area contributed by atoms with Crippen molar-refractivity contribution < 1.29 is 9.53 Å². The van der Waals surface area contributed by atoms with Crippen LogP contribution in [-0.2, 0) is 11.3 Å². The molecule has 0 radical (unpaired) electrons. The van der Waals surface area contributed by atoms with Crippen LogP contribution in [-0.4, -0.2) is 28.2 Å². The van der Waals surface area contributed by atoms with Gasteiger partial charge in [-0.15, -0.1) is 0 Å². The van der Waals surface area contributed by atoms with Crippen LogP contribution < -0.4 is 5.56 Å². The van der Waals surface area contributed by atoms with E-state index in [4.69, 9.17) is 0 Å². The molecule has 6 heteroatoms. The molecule has 0 unspecified atom stereocenters. The number of ether oxygens (including phenoxy) is 1. The molecule has 6 nitrogen and oxygen atoms in total. The van der Waals surface area contributed by atoms with Crippen LogP contribution in [0.25, 0.3) is 0 Å². The maximum Gasteiger partial charge on any atom is 0.434 e. The third-order valence-electron chi connectivity index (χ3n) is 2.02. The highest BCUT2D eigenvalue weighted by atomic mass is 16.6. The number of amides is 1. The Bertz CT molecular complexity index is 490. The van der Waals surface area contributed by atoms with Crippen LogP contribution >= 0.6 is 0 Å². The molecular weight excluding hydrogens is 198 g/mol. The van der Waals surface area contributed by atoms with Gasteiger partial charge in [0.15, 0.2) is 0 Å². The second kappa shape index (κ2) is 3.64. The number of cyclic esters (lactones) is 1. The van der Waals surface area contributed by atoms with Crippen molar-refractivity contribution in [3.8, 4) is 0 Å². The molecule has 1 aromatic heterocycles. The Hall–Kier alpha value is -1.98. The van der Waals surface area contributed by atoms with Crippen molar-refractivity contribution in [3.63, 3.8) is 0 Å². The summed E-state index contributed by atoms with van der Waals surface area (Å²) in [6.07, 6.45) is -0.610. The smallest absolute Gasteiger partial charge is 0.434 e. The molecule has 0 aromatic carbocycles. The summed E-state index contributed by atoms with van der Waals surface area (Å²) in [4.78, 5) is 25.6. The number of aliphatic imine (C=N–C) groups is 1. The summed E-state index contributed by atoms with van der Waals surface area (Å²) in [5, 5.41) is 4.05. The summed E-state index contributed by atoms with van der Waals surface area (Å²) in [7, 11) is 0. The second-order valence-corrected chi connectivity index (χ2v) is 2.99. The van der Waals surface area contributed by atoms with E-state index in [1.807, 2.05) is 6.92 Å². The molecule has 1 aliphatic rings. The fourth-order valence-corrected chi connectivity index (χ4v) is 1.27. The summed E-state index contributed by atoms with van der Waals surface area (Å²) in [6, 6.07) is 2.94. The third-order valence-corrected chi connectivity index (χ3v) is 2.02. The van der Waals surface area contributed by atoms with Gasteiger partial charge < -0.3 is 4.74 Å². The van der Waals surface area contributed by atoms with Crippen LogP contribution in [0, 0.1) is 0 Å². The molecule has 0 N–H and O–H groups in total. The summed E-state index contributed by atoms with van der Waals surface area (Å²) >= 11 is 0. The van der Waals surface area contributed by atoms with E-state index in [-0.39, 0.29) is 12.2 Å². The average molecular weight is 207 g/mol. The standard InChI is InChI=1S/C9H9N3O3/c1-2-12-8(13)4-3-6(11-12)7-5-15-9(14)10-7/h3-4H,2,5H2,1H3. The maximum atomic E-state index is 11.2. The Kier molecular flexibility index (Phi) is 2.32. The first-order valence-corrected chi connectivity index (χ1v) is 4.53. The van der Waals surface area contributed by atoms with E-state index in [0.717, 1.165) is 0 Å². The van der Waals surface area contributed by atoms with E-state index in [9.17, 15) is 9.59 Å². The van der Waals surface area contributed by atoms with Crippen LogP contribution in [0.3, 0.4) is 0 Å². The van der Waals surface area contributed by atoms with Gasteiger partial charge in [-0.1, -0.05) is 0 Å². The predicted octanol–water partition coefficient (Wildman–Crippen LogP) is 0.203. The van der Waals surface area contributed by atoms with Crippen LogP contribution in [0.4, 0.5) is 4.79 Å². The molecule has 0 spiro atoms. The van der Waals surface area contributed by atoms with Crippen molar-refractivity contribution >= 4 is 11.8 Å². The van der Waals surface area contributed by atoms with Gasteiger partial charge in [-0.2, -0.15) is 10.1 Å². The number of rotatable bonds is 2. The molecular formula is C9H9N3O3. The normalized spacial score (nSPS) is 15.0. The van der Waals surface area contributed by atoms with Crippen molar-refractivity contribution in [1.82, 2.24) is 9.78 Å². The van der Waals surface area contributed by atoms with Gasteiger partial charge in [0, 0.05) is 12.6 Å². The Balaban J connectivity index is 2.42. The van der Waals surface area contributed by atoms with Crippen LogP contribution in [0.5, 0.6) is 0 Å². The van der Waals surface area contributed by atoms with Crippen molar-refractivity contribution in [2.24, 2.45) is 4.99 Å². The van der Waals surface area contributed by atoms with Crippen molar-refractivity contribution in [2.75, 3.05) is 6.61 Å². The van der Waals surface area contributed by atoms with Gasteiger partial charge in [0.25, 0.3) is 5.56 Å². The minimum atomic E-state index is -0.610. The molecule has 78 valence electrons. The zero-order valence-electron chi connectivity index (χ0n) is 8.14. The lowest BCUT2D eigenvalue weighted by Gasteiger charge is -2.02. The van der Waals surface area contributed by atoms with Crippen LogP contribution in [0.15, 0.2) is 21.9 Å². The minimum Gasteiger partial charge on any atom is -0.441 e. The first-order chi connectivity index (χ1) is 7.20. The summed E-state index contributed by atoms with van der Waals surface area (Å²) in [5.41, 5.74) is 0.789. The number of carbonyl (C=O) groups excluding carboxylic acids is 1. The van der Waals surface area contributed by atoms with E-state index in [1.54, 1.807) is 0 Å². The summed E-state index contributed by atoms with van der Waals surface area (Å²) < 4.78 is 5.96. The Morgan fingerprint density at radius 3 is 2.87 bits per heavy atom. The number of hydrogen-bond acceptors (Lipinski definition) is 4. The molecule has 2 rings (SSSR count). The number of aryl methyl sites for hydroxylation is 1. The van der Waals surface area contributed by atoms with Crippen LogP contribution in [0.1, 0.15) is 12.6 Å². The van der Waals surface area contributed by atoms with Gasteiger partial charge in [-0.05, 0) is 13.0 Å². The molecule has 1 amide bonds. The van der Waals surface area contributed by atoms with Crippen molar-refractivity contribution in [3.05, 3.63) is 28.2 Å². The molecule has 15 heavy (non-hydrogen) atoms.